The molecule has 1 heterocycles. The normalized spacial score (nSPS) is 23.1. The highest BCUT2D eigenvalue weighted by Gasteiger charge is 2.50. The van der Waals surface area contributed by atoms with Crippen molar-refractivity contribution in [2.24, 2.45) is 0 Å². The van der Waals surface area contributed by atoms with Gasteiger partial charge in [0.1, 0.15) is 11.6 Å². The van der Waals surface area contributed by atoms with E-state index in [0.717, 1.165) is 36.5 Å². The van der Waals surface area contributed by atoms with Crippen molar-refractivity contribution in [3.63, 3.8) is 0 Å². The van der Waals surface area contributed by atoms with Gasteiger partial charge in [0.15, 0.2) is 0 Å². The molecule has 1 aliphatic heterocycles. The number of nitrogens with one attached hydrogen (secondary N) is 2. The van der Waals surface area contributed by atoms with E-state index in [2.05, 4.69) is 48.5 Å². The topological polar surface area (TPSA) is 58.2 Å². The molecule has 0 saturated heterocycles. The summed E-state index contributed by atoms with van der Waals surface area (Å²) in [7, 11) is -3.89. The SMILES string of the molecule is C=C1CCCC2Nc3c(F)cc(Br)cc3C12CCNS(=O)(=O)c1ccc(Br)c(F)c1. The lowest BCUT2D eigenvalue weighted by atomic mass is 9.63. The molecule has 0 aromatic heterocycles. The van der Waals surface area contributed by atoms with Gasteiger partial charge in [-0.25, -0.2) is 21.9 Å². The van der Waals surface area contributed by atoms with Crippen molar-refractivity contribution in [3.05, 3.63) is 68.6 Å². The van der Waals surface area contributed by atoms with Crippen LogP contribution in [0.15, 0.2) is 56.3 Å². The Morgan fingerprint density at radius 3 is 2.70 bits per heavy atom. The van der Waals surface area contributed by atoms with Crippen molar-refractivity contribution in [2.75, 3.05) is 11.9 Å². The van der Waals surface area contributed by atoms with Gasteiger partial charge < -0.3 is 5.32 Å². The molecule has 1 fully saturated rings. The number of hydrogen-bond acceptors (Lipinski definition) is 3. The fourth-order valence-electron chi connectivity index (χ4n) is 4.65. The Morgan fingerprint density at radius 2 is 1.97 bits per heavy atom. The fraction of sp³-hybridized carbons (Fsp3) is 0.333. The molecule has 2 atom stereocenters. The van der Waals surface area contributed by atoms with Crippen molar-refractivity contribution in [1.29, 1.82) is 0 Å². The lowest BCUT2D eigenvalue weighted by Crippen LogP contribution is -2.45. The summed E-state index contributed by atoms with van der Waals surface area (Å²) < 4.78 is 57.1. The Hall–Kier alpha value is -1.29. The lowest BCUT2D eigenvalue weighted by molar-refractivity contribution is 0.344. The number of sulfonamides is 1. The number of fused-ring (bicyclic) bond motifs is 3. The smallest absolute Gasteiger partial charge is 0.240 e. The molecular formula is C21H20Br2F2N2O2S. The minimum absolute atomic E-state index is 0.0489. The molecule has 9 heteroatoms. The molecule has 0 amide bonds. The quantitative estimate of drug-likeness (QED) is 0.465. The summed E-state index contributed by atoms with van der Waals surface area (Å²) in [4.78, 5) is -0.140. The maximum Gasteiger partial charge on any atom is 0.240 e. The zero-order valence-corrected chi connectivity index (χ0v) is 19.9. The van der Waals surface area contributed by atoms with Crippen LogP contribution in [0.2, 0.25) is 0 Å². The summed E-state index contributed by atoms with van der Waals surface area (Å²) in [5.41, 5.74) is 1.67. The number of anilines is 1. The molecule has 0 bridgehead atoms. The number of hydrogen-bond donors (Lipinski definition) is 2. The largest absolute Gasteiger partial charge is 0.378 e. The molecule has 4 rings (SSSR count). The second-order valence-corrected chi connectivity index (χ2v) is 11.2. The van der Waals surface area contributed by atoms with Crippen LogP contribution >= 0.6 is 31.9 Å². The Labute approximate surface area is 191 Å². The Morgan fingerprint density at radius 1 is 1.20 bits per heavy atom. The molecule has 2 unspecified atom stereocenters. The van der Waals surface area contributed by atoms with Gasteiger partial charge in [-0.2, -0.15) is 0 Å². The molecule has 2 aromatic carbocycles. The average Bonchev–Trinajstić information content (AvgIpc) is 3.00. The summed E-state index contributed by atoms with van der Waals surface area (Å²) in [6.45, 7) is 4.39. The van der Waals surface area contributed by atoms with Gasteiger partial charge in [-0.3, -0.25) is 0 Å². The third-order valence-electron chi connectivity index (χ3n) is 6.06. The number of halogens is 4. The van der Waals surface area contributed by atoms with E-state index in [1.54, 1.807) is 0 Å². The third kappa shape index (κ3) is 3.63. The molecule has 2 N–H and O–H groups in total. The molecule has 0 radical (unpaired) electrons. The Balaban J connectivity index is 1.62. The van der Waals surface area contributed by atoms with Gasteiger partial charge in [0.2, 0.25) is 10.0 Å². The molecule has 2 aromatic rings. The maximum absolute atomic E-state index is 14.6. The van der Waals surface area contributed by atoms with E-state index in [0.29, 0.717) is 16.6 Å². The zero-order chi connectivity index (χ0) is 21.7. The summed E-state index contributed by atoms with van der Waals surface area (Å²) in [5.74, 6) is -0.988. The summed E-state index contributed by atoms with van der Waals surface area (Å²) in [6, 6.07) is 6.94. The fourth-order valence-corrected chi connectivity index (χ4v) is 6.37. The van der Waals surface area contributed by atoms with E-state index in [-0.39, 0.29) is 27.8 Å². The lowest BCUT2D eigenvalue weighted by Gasteiger charge is -2.42. The van der Waals surface area contributed by atoms with Gasteiger partial charge in [0, 0.05) is 22.5 Å². The first-order chi connectivity index (χ1) is 14.1. The van der Waals surface area contributed by atoms with Crippen LogP contribution in [0.4, 0.5) is 14.5 Å². The average molecular weight is 562 g/mol. The molecule has 30 heavy (non-hydrogen) atoms. The van der Waals surface area contributed by atoms with Crippen molar-refractivity contribution >= 4 is 47.6 Å². The van der Waals surface area contributed by atoms with Gasteiger partial charge in [-0.05, 0) is 77.5 Å². The van der Waals surface area contributed by atoms with Gasteiger partial charge in [-0.15, -0.1) is 0 Å². The van der Waals surface area contributed by atoms with Crippen LogP contribution in [0.25, 0.3) is 0 Å². The zero-order valence-electron chi connectivity index (χ0n) is 15.9. The molecule has 1 aliphatic carbocycles. The van der Waals surface area contributed by atoms with E-state index >= 15 is 0 Å². The minimum atomic E-state index is -3.89. The molecule has 160 valence electrons. The first-order valence-corrected chi connectivity index (χ1v) is 12.6. The summed E-state index contributed by atoms with van der Waals surface area (Å²) in [6.07, 6.45) is 3.01. The van der Waals surface area contributed by atoms with Crippen LogP contribution in [-0.4, -0.2) is 21.0 Å². The third-order valence-corrected chi connectivity index (χ3v) is 8.62. The van der Waals surface area contributed by atoms with E-state index < -0.39 is 21.3 Å². The highest BCUT2D eigenvalue weighted by Crippen LogP contribution is 2.54. The monoisotopic (exact) mass is 560 g/mol. The highest BCUT2D eigenvalue weighted by atomic mass is 79.9. The Bertz CT molecular complexity index is 1140. The van der Waals surface area contributed by atoms with Crippen molar-refractivity contribution < 1.29 is 17.2 Å². The van der Waals surface area contributed by atoms with Gasteiger partial charge in [0.25, 0.3) is 0 Å². The van der Waals surface area contributed by atoms with Crippen molar-refractivity contribution in [3.8, 4) is 0 Å². The second-order valence-electron chi connectivity index (χ2n) is 7.70. The predicted octanol–water partition coefficient (Wildman–Crippen LogP) is 5.63. The molecule has 0 spiro atoms. The van der Waals surface area contributed by atoms with Crippen molar-refractivity contribution in [2.45, 2.75) is 42.0 Å². The van der Waals surface area contributed by atoms with E-state index in [9.17, 15) is 17.2 Å². The number of benzene rings is 2. The van der Waals surface area contributed by atoms with Crippen LogP contribution in [0.1, 0.15) is 31.2 Å². The predicted molar refractivity (Wildman–Crippen MR) is 120 cm³/mol. The standard InChI is InChI=1S/C21H20Br2F2N2O2S/c1-12-3-2-4-19-21(12,15-9-13(22)10-18(25)20(15)27-19)7-8-26-30(28,29)14-5-6-16(23)17(24)11-14/h5-6,9-11,19,26-27H,1-4,7-8H2. The second kappa shape index (κ2) is 8.00. The minimum Gasteiger partial charge on any atom is -0.378 e. The molecule has 1 saturated carbocycles. The highest BCUT2D eigenvalue weighted by molar-refractivity contribution is 9.10. The molecule has 2 aliphatic rings. The van der Waals surface area contributed by atoms with Crippen LogP contribution < -0.4 is 10.0 Å². The molecular weight excluding hydrogens is 542 g/mol. The van der Waals surface area contributed by atoms with Gasteiger partial charge >= 0.3 is 0 Å². The van der Waals surface area contributed by atoms with Gasteiger partial charge in [-0.1, -0.05) is 28.1 Å². The van der Waals surface area contributed by atoms with Crippen LogP contribution in [0.5, 0.6) is 0 Å². The van der Waals surface area contributed by atoms with Crippen LogP contribution in [0.3, 0.4) is 0 Å². The van der Waals surface area contributed by atoms with Crippen LogP contribution in [0, 0.1) is 11.6 Å². The van der Waals surface area contributed by atoms with Gasteiger partial charge in [0.05, 0.1) is 15.1 Å². The van der Waals surface area contributed by atoms with E-state index in [1.165, 1.54) is 18.2 Å². The van der Waals surface area contributed by atoms with E-state index in [4.69, 9.17) is 0 Å². The van der Waals surface area contributed by atoms with E-state index in [1.807, 2.05) is 6.07 Å². The summed E-state index contributed by atoms with van der Waals surface area (Å²) in [5, 5.41) is 3.31. The molecule has 4 nitrogen and oxygen atoms in total. The van der Waals surface area contributed by atoms with Crippen LogP contribution in [-0.2, 0) is 15.4 Å². The van der Waals surface area contributed by atoms with Crippen molar-refractivity contribution in [1.82, 2.24) is 4.72 Å². The number of rotatable bonds is 5. The summed E-state index contributed by atoms with van der Waals surface area (Å²) >= 11 is 6.39. The Kier molecular flexibility index (Phi) is 5.85. The first-order valence-electron chi connectivity index (χ1n) is 9.54. The maximum atomic E-state index is 14.6. The first kappa shape index (κ1) is 21.9.